The number of urea groups is 1. The number of aromatic hydroxyl groups is 1. The fourth-order valence-electron chi connectivity index (χ4n) is 2.76. The minimum absolute atomic E-state index is 0.131. The van der Waals surface area contributed by atoms with Crippen LogP contribution in [0.5, 0.6) is 11.5 Å². The number of imide groups is 2. The Balaban J connectivity index is 2.00. The molecule has 1 saturated heterocycles. The monoisotopic (exact) mass is 474 g/mol. The summed E-state index contributed by atoms with van der Waals surface area (Å²) in [4.78, 5) is 49.8. The standard InChI is InChI=1S/C20H15BrN2O7/c1-29-15-9-10(8-14(21)16(15)24)7-13-17(25)22-20(28)23(18(13)26)12-5-3-11(4-6-12)19(27)30-2/h3-9,24H,1-2H3,(H,22,25,28)/b13-7+. The van der Waals surface area contributed by atoms with Crippen molar-refractivity contribution in [2.75, 3.05) is 19.1 Å². The van der Waals surface area contributed by atoms with Crippen LogP contribution < -0.4 is 15.0 Å². The van der Waals surface area contributed by atoms with E-state index in [2.05, 4.69) is 26.0 Å². The Morgan fingerprint density at radius 3 is 2.40 bits per heavy atom. The molecule has 0 aromatic heterocycles. The Bertz CT molecular complexity index is 1090. The molecule has 4 amide bonds. The zero-order valence-corrected chi connectivity index (χ0v) is 17.3. The van der Waals surface area contributed by atoms with Gasteiger partial charge in [0.05, 0.1) is 29.9 Å². The molecule has 1 heterocycles. The Hall–Kier alpha value is -3.66. The zero-order valence-electron chi connectivity index (χ0n) is 15.8. The number of barbiturate groups is 1. The zero-order chi connectivity index (χ0) is 22.0. The highest BCUT2D eigenvalue weighted by Crippen LogP contribution is 2.36. The predicted molar refractivity (Wildman–Crippen MR) is 109 cm³/mol. The number of nitrogens with zero attached hydrogens (tertiary/aromatic N) is 1. The molecule has 3 rings (SSSR count). The molecule has 2 aromatic carbocycles. The predicted octanol–water partition coefficient (Wildman–Crippen LogP) is 2.62. The largest absolute Gasteiger partial charge is 0.503 e. The molecule has 0 unspecified atom stereocenters. The summed E-state index contributed by atoms with van der Waals surface area (Å²) in [5, 5.41) is 12.0. The van der Waals surface area contributed by atoms with Crippen molar-refractivity contribution in [1.29, 1.82) is 0 Å². The number of rotatable bonds is 4. The van der Waals surface area contributed by atoms with E-state index in [0.29, 0.717) is 10.0 Å². The van der Waals surface area contributed by atoms with Gasteiger partial charge in [-0.25, -0.2) is 14.5 Å². The second-order valence-electron chi connectivity index (χ2n) is 6.05. The van der Waals surface area contributed by atoms with Crippen LogP contribution in [0.3, 0.4) is 0 Å². The third-order valence-electron chi connectivity index (χ3n) is 4.23. The summed E-state index contributed by atoms with van der Waals surface area (Å²) in [6, 6.07) is 7.55. The lowest BCUT2D eigenvalue weighted by molar-refractivity contribution is -0.122. The van der Waals surface area contributed by atoms with Crippen molar-refractivity contribution in [3.8, 4) is 11.5 Å². The van der Waals surface area contributed by atoms with E-state index in [4.69, 9.17) is 4.74 Å². The van der Waals surface area contributed by atoms with Crippen molar-refractivity contribution in [1.82, 2.24) is 5.32 Å². The Morgan fingerprint density at radius 2 is 1.80 bits per heavy atom. The first-order valence-electron chi connectivity index (χ1n) is 8.43. The van der Waals surface area contributed by atoms with Crippen molar-refractivity contribution < 1.29 is 33.8 Å². The minimum Gasteiger partial charge on any atom is -0.503 e. The molecule has 0 aliphatic carbocycles. The molecule has 9 nitrogen and oxygen atoms in total. The number of esters is 1. The second kappa shape index (κ2) is 8.37. The van der Waals surface area contributed by atoms with Gasteiger partial charge in [0.15, 0.2) is 11.5 Å². The third kappa shape index (κ3) is 3.90. The molecule has 1 fully saturated rings. The van der Waals surface area contributed by atoms with Gasteiger partial charge in [-0.1, -0.05) is 0 Å². The number of amides is 4. The van der Waals surface area contributed by atoms with E-state index >= 15 is 0 Å². The number of halogens is 1. The normalized spacial score (nSPS) is 15.2. The highest BCUT2D eigenvalue weighted by molar-refractivity contribution is 9.10. The maximum absolute atomic E-state index is 12.9. The number of carbonyl (C=O) groups is 4. The van der Waals surface area contributed by atoms with Crippen molar-refractivity contribution in [3.63, 3.8) is 0 Å². The summed E-state index contributed by atoms with van der Waals surface area (Å²) in [5.41, 5.74) is 0.476. The van der Waals surface area contributed by atoms with E-state index in [1.807, 2.05) is 0 Å². The summed E-state index contributed by atoms with van der Waals surface area (Å²) < 4.78 is 9.97. The number of ether oxygens (including phenoxy) is 2. The summed E-state index contributed by atoms with van der Waals surface area (Å²) in [5.74, 6) is -2.29. The molecular formula is C20H15BrN2O7. The van der Waals surface area contributed by atoms with Crippen molar-refractivity contribution in [3.05, 3.63) is 57.6 Å². The number of phenols is 1. The maximum Gasteiger partial charge on any atom is 0.337 e. The van der Waals surface area contributed by atoms with Crippen LogP contribution in [0, 0.1) is 0 Å². The lowest BCUT2D eigenvalue weighted by Crippen LogP contribution is -2.54. The van der Waals surface area contributed by atoms with Gasteiger partial charge in [0.25, 0.3) is 11.8 Å². The molecule has 0 saturated carbocycles. The quantitative estimate of drug-likeness (QED) is 0.396. The highest BCUT2D eigenvalue weighted by atomic mass is 79.9. The van der Waals surface area contributed by atoms with E-state index in [1.54, 1.807) is 0 Å². The molecule has 2 N–H and O–H groups in total. The molecule has 10 heteroatoms. The van der Waals surface area contributed by atoms with Crippen LogP contribution >= 0.6 is 15.9 Å². The highest BCUT2D eigenvalue weighted by Gasteiger charge is 2.37. The fraction of sp³-hybridized carbons (Fsp3) is 0.100. The number of nitrogens with one attached hydrogen (secondary N) is 1. The molecule has 1 aliphatic rings. The van der Waals surface area contributed by atoms with Crippen molar-refractivity contribution in [2.24, 2.45) is 0 Å². The van der Waals surface area contributed by atoms with E-state index < -0.39 is 23.8 Å². The van der Waals surface area contributed by atoms with Gasteiger partial charge in [0.2, 0.25) is 0 Å². The number of carbonyl (C=O) groups excluding carboxylic acids is 4. The van der Waals surface area contributed by atoms with Crippen molar-refractivity contribution >= 4 is 51.5 Å². The lowest BCUT2D eigenvalue weighted by Gasteiger charge is -2.26. The van der Waals surface area contributed by atoms with Crippen LogP contribution in [0.25, 0.3) is 6.08 Å². The first kappa shape index (κ1) is 21.1. The Morgan fingerprint density at radius 1 is 1.13 bits per heavy atom. The number of anilines is 1. The molecule has 30 heavy (non-hydrogen) atoms. The SMILES string of the molecule is COC(=O)c1ccc(N2C(=O)NC(=O)/C(=C\c3cc(Br)c(O)c(OC)c3)C2=O)cc1. The van der Waals surface area contributed by atoms with Gasteiger partial charge in [-0.2, -0.15) is 0 Å². The van der Waals surface area contributed by atoms with E-state index in [9.17, 15) is 24.3 Å². The first-order chi connectivity index (χ1) is 14.3. The molecule has 2 aromatic rings. The van der Waals surface area contributed by atoms with Crippen LogP contribution in [0.4, 0.5) is 10.5 Å². The van der Waals surface area contributed by atoms with Crippen LogP contribution in [0.1, 0.15) is 15.9 Å². The first-order valence-corrected chi connectivity index (χ1v) is 9.22. The summed E-state index contributed by atoms with van der Waals surface area (Å²) >= 11 is 3.17. The van der Waals surface area contributed by atoms with Gasteiger partial charge in [0.1, 0.15) is 5.57 Å². The van der Waals surface area contributed by atoms with Crippen LogP contribution in [0.2, 0.25) is 0 Å². The van der Waals surface area contributed by atoms with Gasteiger partial charge in [-0.05, 0) is 64.0 Å². The lowest BCUT2D eigenvalue weighted by atomic mass is 10.1. The number of hydrogen-bond acceptors (Lipinski definition) is 7. The van der Waals surface area contributed by atoms with E-state index in [-0.39, 0.29) is 28.3 Å². The van der Waals surface area contributed by atoms with Gasteiger partial charge >= 0.3 is 12.0 Å². The van der Waals surface area contributed by atoms with Crippen molar-refractivity contribution in [2.45, 2.75) is 0 Å². The van der Waals surface area contributed by atoms with Crippen LogP contribution in [-0.4, -0.2) is 43.1 Å². The smallest absolute Gasteiger partial charge is 0.337 e. The van der Waals surface area contributed by atoms with E-state index in [0.717, 1.165) is 4.90 Å². The summed E-state index contributed by atoms with van der Waals surface area (Å²) in [7, 11) is 2.59. The Kier molecular flexibility index (Phi) is 5.88. The maximum atomic E-state index is 12.9. The number of hydrogen-bond donors (Lipinski definition) is 2. The molecule has 0 spiro atoms. The minimum atomic E-state index is -0.919. The van der Waals surface area contributed by atoms with Gasteiger partial charge < -0.3 is 14.6 Å². The summed E-state index contributed by atoms with van der Waals surface area (Å²) in [6.07, 6.45) is 1.27. The average Bonchev–Trinajstić information content (AvgIpc) is 2.73. The number of phenolic OH excluding ortho intramolecular Hbond substituents is 1. The van der Waals surface area contributed by atoms with Gasteiger partial charge in [-0.15, -0.1) is 0 Å². The summed E-state index contributed by atoms with van der Waals surface area (Å²) in [6.45, 7) is 0. The second-order valence-corrected chi connectivity index (χ2v) is 6.90. The van der Waals surface area contributed by atoms with Crippen LogP contribution in [0.15, 0.2) is 46.4 Å². The molecule has 0 atom stereocenters. The van der Waals surface area contributed by atoms with Crippen LogP contribution in [-0.2, 0) is 14.3 Å². The average molecular weight is 475 g/mol. The molecule has 154 valence electrons. The Labute approximate surface area is 179 Å². The number of methoxy groups -OCH3 is 2. The molecule has 0 bridgehead atoms. The third-order valence-corrected chi connectivity index (χ3v) is 4.83. The number of benzene rings is 2. The molecule has 1 aliphatic heterocycles. The van der Waals surface area contributed by atoms with E-state index in [1.165, 1.54) is 56.7 Å². The van der Waals surface area contributed by atoms with Gasteiger partial charge in [0, 0.05) is 0 Å². The molecule has 0 radical (unpaired) electrons. The topological polar surface area (TPSA) is 122 Å². The fourth-order valence-corrected chi connectivity index (χ4v) is 3.22. The van der Waals surface area contributed by atoms with Gasteiger partial charge in [-0.3, -0.25) is 14.9 Å². The molecular weight excluding hydrogens is 460 g/mol.